The molecule has 0 aliphatic rings. The van der Waals surface area contributed by atoms with E-state index in [0.717, 1.165) is 0 Å². The number of hydrogen-bond donors (Lipinski definition) is 1. The highest BCUT2D eigenvalue weighted by Crippen LogP contribution is 2.29. The van der Waals surface area contributed by atoms with Gasteiger partial charge in [-0.2, -0.15) is 0 Å². The molecule has 2 aromatic rings. The zero-order chi connectivity index (χ0) is 25.1. The third-order valence-electron chi connectivity index (χ3n) is 4.67. The lowest BCUT2D eigenvalue weighted by Gasteiger charge is -2.14. The van der Waals surface area contributed by atoms with Crippen molar-refractivity contribution < 1.29 is 33.3 Å². The van der Waals surface area contributed by atoms with Gasteiger partial charge in [0.05, 0.1) is 25.9 Å². The molecule has 1 aromatic carbocycles. The van der Waals surface area contributed by atoms with E-state index in [1.165, 1.54) is 20.3 Å². The number of methoxy groups -OCH3 is 2. The van der Waals surface area contributed by atoms with E-state index < -0.39 is 17.8 Å². The molecule has 0 fully saturated rings. The SMILES string of the molecule is C=Cc1ccc(-c2ccc(C(=O)NCC(C)C)nc2C(=O)OC)c(C(=O)OCOCCOC)c1. The van der Waals surface area contributed by atoms with Gasteiger partial charge in [-0.25, -0.2) is 14.6 Å². The van der Waals surface area contributed by atoms with Crippen LogP contribution in [0.1, 0.15) is 50.7 Å². The van der Waals surface area contributed by atoms with Crippen LogP contribution in [0.5, 0.6) is 0 Å². The van der Waals surface area contributed by atoms with Crippen LogP contribution in [-0.2, 0) is 18.9 Å². The Kier molecular flexibility index (Phi) is 10.4. The summed E-state index contributed by atoms with van der Waals surface area (Å²) in [4.78, 5) is 42.1. The number of nitrogens with one attached hydrogen (secondary N) is 1. The summed E-state index contributed by atoms with van der Waals surface area (Å²) in [7, 11) is 2.75. The third-order valence-corrected chi connectivity index (χ3v) is 4.67. The Balaban J connectivity index is 2.46. The number of esters is 2. The van der Waals surface area contributed by atoms with E-state index in [2.05, 4.69) is 16.9 Å². The van der Waals surface area contributed by atoms with Gasteiger partial charge in [-0.05, 0) is 35.2 Å². The Morgan fingerprint density at radius 3 is 2.44 bits per heavy atom. The van der Waals surface area contributed by atoms with E-state index in [4.69, 9.17) is 18.9 Å². The van der Waals surface area contributed by atoms with Gasteiger partial charge in [0.1, 0.15) is 5.69 Å². The highest BCUT2D eigenvalue weighted by molar-refractivity contribution is 6.03. The second kappa shape index (κ2) is 13.2. The first-order chi connectivity index (χ1) is 16.3. The fourth-order valence-corrected chi connectivity index (χ4v) is 2.91. The lowest BCUT2D eigenvalue weighted by molar-refractivity contribution is -0.0435. The van der Waals surface area contributed by atoms with Crippen LogP contribution in [0.3, 0.4) is 0 Å². The van der Waals surface area contributed by atoms with Crippen LogP contribution in [0.25, 0.3) is 17.2 Å². The molecule has 9 nitrogen and oxygen atoms in total. The van der Waals surface area contributed by atoms with E-state index in [0.29, 0.717) is 29.8 Å². The number of carbonyl (C=O) groups excluding carboxylic acids is 3. The topological polar surface area (TPSA) is 113 Å². The molecule has 34 heavy (non-hydrogen) atoms. The maximum atomic E-state index is 12.8. The summed E-state index contributed by atoms with van der Waals surface area (Å²) in [5.41, 5.74) is 1.51. The average molecular weight is 471 g/mol. The Hall–Kier alpha value is -3.56. The summed E-state index contributed by atoms with van der Waals surface area (Å²) in [5.74, 6) is -1.58. The van der Waals surface area contributed by atoms with Gasteiger partial charge in [0, 0.05) is 19.2 Å². The highest BCUT2D eigenvalue weighted by atomic mass is 16.7. The van der Waals surface area contributed by atoms with Gasteiger partial charge >= 0.3 is 11.9 Å². The summed E-state index contributed by atoms with van der Waals surface area (Å²) in [6.07, 6.45) is 1.58. The highest BCUT2D eigenvalue weighted by Gasteiger charge is 2.23. The molecule has 0 spiro atoms. The second-order valence-corrected chi connectivity index (χ2v) is 7.65. The van der Waals surface area contributed by atoms with E-state index in [9.17, 15) is 14.4 Å². The van der Waals surface area contributed by atoms with Crippen molar-refractivity contribution in [3.63, 3.8) is 0 Å². The van der Waals surface area contributed by atoms with Crippen LogP contribution in [0, 0.1) is 5.92 Å². The molecule has 0 bridgehead atoms. The van der Waals surface area contributed by atoms with Gasteiger partial charge in [-0.1, -0.05) is 38.6 Å². The fourth-order valence-electron chi connectivity index (χ4n) is 2.91. The van der Waals surface area contributed by atoms with Crippen LogP contribution in [0.15, 0.2) is 36.9 Å². The molecule has 1 aromatic heterocycles. The lowest BCUT2D eigenvalue weighted by atomic mass is 9.95. The molecule has 182 valence electrons. The Morgan fingerprint density at radius 1 is 1.06 bits per heavy atom. The zero-order valence-corrected chi connectivity index (χ0v) is 19.9. The van der Waals surface area contributed by atoms with Crippen molar-refractivity contribution in [2.24, 2.45) is 5.92 Å². The molecule has 0 aliphatic carbocycles. The normalized spacial score (nSPS) is 10.6. The van der Waals surface area contributed by atoms with Gasteiger partial charge in [-0.3, -0.25) is 4.79 Å². The summed E-state index contributed by atoms with van der Waals surface area (Å²) in [6, 6.07) is 8.02. The first kappa shape index (κ1) is 26.7. The second-order valence-electron chi connectivity index (χ2n) is 7.65. The Bertz CT molecular complexity index is 1030. The van der Waals surface area contributed by atoms with Crippen molar-refractivity contribution in [3.8, 4) is 11.1 Å². The molecule has 0 aliphatic heterocycles. The molecule has 0 saturated heterocycles. The monoisotopic (exact) mass is 470 g/mol. The fraction of sp³-hybridized carbons (Fsp3) is 0.360. The molecule has 1 heterocycles. The van der Waals surface area contributed by atoms with E-state index in [1.807, 2.05) is 13.8 Å². The molecule has 0 radical (unpaired) electrons. The summed E-state index contributed by atoms with van der Waals surface area (Å²) in [5, 5.41) is 2.76. The van der Waals surface area contributed by atoms with Crippen molar-refractivity contribution in [1.82, 2.24) is 10.3 Å². The van der Waals surface area contributed by atoms with Crippen molar-refractivity contribution in [2.75, 3.05) is 40.8 Å². The Labute approximate surface area is 199 Å². The number of aromatic nitrogens is 1. The lowest BCUT2D eigenvalue weighted by Crippen LogP contribution is -2.28. The van der Waals surface area contributed by atoms with Crippen LogP contribution >= 0.6 is 0 Å². The first-order valence-electron chi connectivity index (χ1n) is 10.7. The number of benzene rings is 1. The van der Waals surface area contributed by atoms with Crippen LogP contribution in [0.4, 0.5) is 0 Å². The predicted octanol–water partition coefficient (Wildman–Crippen LogP) is 3.34. The average Bonchev–Trinajstić information content (AvgIpc) is 2.85. The predicted molar refractivity (Wildman–Crippen MR) is 126 cm³/mol. The van der Waals surface area contributed by atoms with Crippen molar-refractivity contribution in [3.05, 3.63) is 59.4 Å². The largest absolute Gasteiger partial charge is 0.464 e. The first-order valence-corrected chi connectivity index (χ1v) is 10.7. The van der Waals surface area contributed by atoms with E-state index in [-0.39, 0.29) is 36.3 Å². The smallest absolute Gasteiger partial charge is 0.357 e. The van der Waals surface area contributed by atoms with E-state index in [1.54, 1.807) is 30.3 Å². The van der Waals surface area contributed by atoms with Gasteiger partial charge in [-0.15, -0.1) is 0 Å². The molecular weight excluding hydrogens is 440 g/mol. The third kappa shape index (κ3) is 7.23. The molecule has 2 rings (SSSR count). The minimum atomic E-state index is -0.747. The van der Waals surface area contributed by atoms with Crippen LogP contribution in [0.2, 0.25) is 0 Å². The molecule has 1 N–H and O–H groups in total. The molecule has 0 saturated carbocycles. The number of amides is 1. The van der Waals surface area contributed by atoms with Crippen molar-refractivity contribution >= 4 is 23.9 Å². The number of carbonyl (C=O) groups is 3. The zero-order valence-electron chi connectivity index (χ0n) is 19.9. The quantitative estimate of drug-likeness (QED) is 0.286. The van der Waals surface area contributed by atoms with Gasteiger partial charge in [0.2, 0.25) is 0 Å². The molecule has 0 unspecified atom stereocenters. The minimum absolute atomic E-state index is 0.0585. The summed E-state index contributed by atoms with van der Waals surface area (Å²) in [6.45, 7) is 8.48. The number of ether oxygens (including phenoxy) is 4. The van der Waals surface area contributed by atoms with Gasteiger partial charge in [0.25, 0.3) is 5.91 Å². The standard InChI is InChI=1S/C25H30N2O7/c1-6-17-7-8-18(20(13-17)24(29)34-15-33-12-11-31-4)19-9-10-21(23(28)26-14-16(2)3)27-22(19)25(30)32-5/h6-10,13,16H,1,11-12,14-15H2,2-5H3,(H,26,28). The van der Waals surface area contributed by atoms with Gasteiger partial charge in [0.15, 0.2) is 12.5 Å². The van der Waals surface area contributed by atoms with Crippen molar-refractivity contribution in [1.29, 1.82) is 0 Å². The van der Waals surface area contributed by atoms with Gasteiger partial charge < -0.3 is 24.3 Å². The number of rotatable bonds is 12. The molecule has 9 heteroatoms. The number of pyridine rings is 1. The van der Waals surface area contributed by atoms with E-state index >= 15 is 0 Å². The van der Waals surface area contributed by atoms with Crippen molar-refractivity contribution in [2.45, 2.75) is 13.8 Å². The summed E-state index contributed by atoms with van der Waals surface area (Å²) < 4.78 is 20.2. The Morgan fingerprint density at radius 2 is 1.79 bits per heavy atom. The molecule has 1 amide bonds. The minimum Gasteiger partial charge on any atom is -0.464 e. The molecule has 0 atom stereocenters. The maximum absolute atomic E-state index is 12.8. The number of nitrogens with zero attached hydrogens (tertiary/aromatic N) is 1. The summed E-state index contributed by atoms with van der Waals surface area (Å²) >= 11 is 0. The van der Waals surface area contributed by atoms with Crippen LogP contribution in [-0.4, -0.2) is 63.6 Å². The van der Waals surface area contributed by atoms with Crippen LogP contribution < -0.4 is 5.32 Å². The number of hydrogen-bond acceptors (Lipinski definition) is 8. The molecular formula is C25H30N2O7. The maximum Gasteiger partial charge on any atom is 0.357 e.